The monoisotopic (exact) mass is 415 g/mol. The fraction of sp³-hybridized carbons (Fsp3) is 1.00. The maximum Gasteiger partial charge on any atom is 0.0577 e. The molecule has 0 amide bonds. The van der Waals surface area contributed by atoms with E-state index in [9.17, 15) is 10.2 Å². The summed E-state index contributed by atoms with van der Waals surface area (Å²) in [6.45, 7) is 10.3. The van der Waals surface area contributed by atoms with Crippen molar-refractivity contribution < 1.29 is 10.2 Å². The lowest BCUT2D eigenvalue weighted by Gasteiger charge is -2.56. The maximum absolute atomic E-state index is 11.2. The standard InChI is InChI=1S/C27H45NO2/c1-15-4-7-25-16(2)18-5-6-19-20(22(18)14-28(25)13-15)11-23-21(19)12-26(30)24-10-17(29)8-9-27(23,24)3/h15-26,29-30H,4-14H2,1-3H3/t15-,16-,17+,18-,19+,20-,21-,22-,23+,24-,25+,26-,27-/m1/s1. The number of hydrogen-bond acceptors (Lipinski definition) is 3. The highest BCUT2D eigenvalue weighted by atomic mass is 16.3. The minimum atomic E-state index is -0.181. The molecular formula is C27H45NO2. The Hall–Kier alpha value is -0.120. The predicted molar refractivity (Wildman–Crippen MR) is 120 cm³/mol. The quantitative estimate of drug-likeness (QED) is 0.609. The zero-order chi connectivity index (χ0) is 20.8. The van der Waals surface area contributed by atoms with Crippen molar-refractivity contribution in [3.8, 4) is 0 Å². The van der Waals surface area contributed by atoms with Crippen molar-refractivity contribution in [3.05, 3.63) is 0 Å². The highest BCUT2D eigenvalue weighted by Gasteiger charge is 2.62. The summed E-state index contributed by atoms with van der Waals surface area (Å²) in [6, 6.07) is 0.853. The Morgan fingerprint density at radius 2 is 1.53 bits per heavy atom. The molecule has 0 aromatic heterocycles. The van der Waals surface area contributed by atoms with Gasteiger partial charge in [-0.2, -0.15) is 0 Å². The van der Waals surface area contributed by atoms with Gasteiger partial charge in [-0.3, -0.25) is 4.90 Å². The highest BCUT2D eigenvalue weighted by Crippen LogP contribution is 2.67. The van der Waals surface area contributed by atoms with Gasteiger partial charge in [0.05, 0.1) is 12.2 Å². The Morgan fingerprint density at radius 1 is 0.733 bits per heavy atom. The van der Waals surface area contributed by atoms with Gasteiger partial charge in [-0.15, -0.1) is 0 Å². The third-order valence-corrected chi connectivity index (χ3v) is 12.0. The van der Waals surface area contributed by atoms with Crippen LogP contribution < -0.4 is 0 Å². The number of hydrogen-bond donors (Lipinski definition) is 2. The van der Waals surface area contributed by atoms with Crippen molar-refractivity contribution >= 4 is 0 Å². The lowest BCUT2D eigenvalue weighted by Crippen LogP contribution is -2.58. The molecule has 0 radical (unpaired) electrons. The van der Waals surface area contributed by atoms with Gasteiger partial charge in [-0.05, 0) is 116 Å². The molecule has 2 heterocycles. The molecule has 6 rings (SSSR count). The summed E-state index contributed by atoms with van der Waals surface area (Å²) in [6.07, 6.45) is 10.7. The van der Waals surface area contributed by atoms with Crippen LogP contribution >= 0.6 is 0 Å². The van der Waals surface area contributed by atoms with Gasteiger partial charge in [0.15, 0.2) is 0 Å². The molecule has 2 saturated heterocycles. The Morgan fingerprint density at radius 3 is 2.37 bits per heavy atom. The second kappa shape index (κ2) is 7.19. The van der Waals surface area contributed by atoms with Gasteiger partial charge in [-0.1, -0.05) is 20.8 Å². The van der Waals surface area contributed by atoms with E-state index in [-0.39, 0.29) is 17.6 Å². The van der Waals surface area contributed by atoms with E-state index in [1.807, 2.05) is 0 Å². The molecule has 0 unspecified atom stereocenters. The second-order valence-electron chi connectivity index (χ2n) is 13.1. The summed E-state index contributed by atoms with van der Waals surface area (Å²) in [5, 5.41) is 21.5. The average Bonchev–Trinajstić information content (AvgIpc) is 3.09. The van der Waals surface area contributed by atoms with E-state index in [2.05, 4.69) is 25.7 Å². The summed E-state index contributed by atoms with van der Waals surface area (Å²) in [5.41, 5.74) is 0.261. The first-order valence-corrected chi connectivity index (χ1v) is 13.5. The van der Waals surface area contributed by atoms with Crippen molar-refractivity contribution in [3.63, 3.8) is 0 Å². The topological polar surface area (TPSA) is 43.7 Å². The summed E-state index contributed by atoms with van der Waals surface area (Å²) in [4.78, 5) is 2.92. The molecule has 170 valence electrons. The number of rotatable bonds is 0. The number of aliphatic hydroxyl groups excluding tert-OH is 2. The van der Waals surface area contributed by atoms with Gasteiger partial charge >= 0.3 is 0 Å². The summed E-state index contributed by atoms with van der Waals surface area (Å²) in [5.74, 6) is 7.22. The Kier molecular flexibility index (Phi) is 4.91. The molecule has 3 nitrogen and oxygen atoms in total. The molecule has 0 aromatic rings. The molecule has 6 fully saturated rings. The van der Waals surface area contributed by atoms with E-state index in [1.54, 1.807) is 0 Å². The van der Waals surface area contributed by atoms with Crippen molar-refractivity contribution in [2.75, 3.05) is 13.1 Å². The highest BCUT2D eigenvalue weighted by molar-refractivity contribution is 5.12. The van der Waals surface area contributed by atoms with Gasteiger partial charge in [0.25, 0.3) is 0 Å². The molecule has 0 spiro atoms. The lowest BCUT2D eigenvalue weighted by molar-refractivity contribution is -0.130. The fourth-order valence-electron chi connectivity index (χ4n) is 10.6. The van der Waals surface area contributed by atoms with Gasteiger partial charge in [0.2, 0.25) is 0 Å². The van der Waals surface area contributed by atoms with Crippen LogP contribution in [0.1, 0.15) is 78.6 Å². The zero-order valence-electron chi connectivity index (χ0n) is 19.5. The third kappa shape index (κ3) is 2.86. The summed E-state index contributed by atoms with van der Waals surface area (Å²) < 4.78 is 0. The largest absolute Gasteiger partial charge is 0.393 e. The van der Waals surface area contributed by atoms with Crippen LogP contribution in [0.5, 0.6) is 0 Å². The molecule has 0 bridgehead atoms. The van der Waals surface area contributed by atoms with E-state index in [4.69, 9.17) is 0 Å². The van der Waals surface area contributed by atoms with Gasteiger partial charge in [0.1, 0.15) is 0 Å². The van der Waals surface area contributed by atoms with Crippen LogP contribution in [-0.2, 0) is 0 Å². The second-order valence-corrected chi connectivity index (χ2v) is 13.1. The Labute approximate surface area is 184 Å². The minimum Gasteiger partial charge on any atom is -0.393 e. The first kappa shape index (κ1) is 20.5. The first-order valence-electron chi connectivity index (χ1n) is 13.5. The van der Waals surface area contributed by atoms with E-state index in [0.29, 0.717) is 5.92 Å². The number of aliphatic hydroxyl groups is 2. The van der Waals surface area contributed by atoms with Crippen LogP contribution in [0, 0.1) is 58.7 Å². The van der Waals surface area contributed by atoms with Crippen LogP contribution in [0.15, 0.2) is 0 Å². The average molecular weight is 416 g/mol. The first-order chi connectivity index (χ1) is 14.4. The van der Waals surface area contributed by atoms with Crippen molar-refractivity contribution in [1.29, 1.82) is 0 Å². The molecule has 13 atom stereocenters. The van der Waals surface area contributed by atoms with E-state index in [0.717, 1.165) is 79.1 Å². The van der Waals surface area contributed by atoms with Gasteiger partial charge < -0.3 is 10.2 Å². The minimum absolute atomic E-state index is 0.180. The van der Waals surface area contributed by atoms with Crippen LogP contribution in [0.2, 0.25) is 0 Å². The molecule has 4 saturated carbocycles. The maximum atomic E-state index is 11.2. The van der Waals surface area contributed by atoms with Gasteiger partial charge in [-0.25, -0.2) is 0 Å². The van der Waals surface area contributed by atoms with Crippen LogP contribution in [0.4, 0.5) is 0 Å². The summed E-state index contributed by atoms with van der Waals surface area (Å²) in [7, 11) is 0. The molecule has 2 aliphatic heterocycles. The normalized spacial score (nSPS) is 60.7. The van der Waals surface area contributed by atoms with Crippen LogP contribution in [0.25, 0.3) is 0 Å². The Bertz CT molecular complexity index is 665. The lowest BCUT2D eigenvalue weighted by atomic mass is 9.51. The molecule has 2 N–H and O–H groups in total. The molecule has 4 aliphatic carbocycles. The van der Waals surface area contributed by atoms with Crippen LogP contribution in [0.3, 0.4) is 0 Å². The molecule has 0 aromatic carbocycles. The SMILES string of the molecule is C[C@@H]1CC[C@H]2[C@H](C)[C@H]3CC[C@H]4[C@@H](C[C@H]5[C@@H]4C[C@@H](O)[C@H]4C[C@@H](O)CC[C@@]45C)[C@@H]3CN2C1. The van der Waals surface area contributed by atoms with Gasteiger partial charge in [0, 0.05) is 19.1 Å². The molecule has 6 aliphatic rings. The van der Waals surface area contributed by atoms with Crippen molar-refractivity contribution in [1.82, 2.24) is 4.90 Å². The van der Waals surface area contributed by atoms with E-state index in [1.165, 1.54) is 45.2 Å². The van der Waals surface area contributed by atoms with Crippen molar-refractivity contribution in [2.45, 2.75) is 96.8 Å². The smallest absolute Gasteiger partial charge is 0.0577 e. The zero-order valence-corrected chi connectivity index (χ0v) is 19.5. The molecule has 3 heteroatoms. The van der Waals surface area contributed by atoms with Crippen LogP contribution in [-0.4, -0.2) is 46.5 Å². The predicted octanol–water partition coefficient (Wildman–Crippen LogP) is 4.56. The Balaban J connectivity index is 1.28. The number of nitrogens with zero attached hydrogens (tertiary/aromatic N) is 1. The number of fused-ring (bicyclic) bond motifs is 8. The molecule has 30 heavy (non-hydrogen) atoms. The fourth-order valence-corrected chi connectivity index (χ4v) is 10.6. The molecular weight excluding hydrogens is 370 g/mol. The van der Waals surface area contributed by atoms with E-state index >= 15 is 0 Å². The number of piperidine rings is 2. The van der Waals surface area contributed by atoms with Crippen molar-refractivity contribution in [2.24, 2.45) is 58.7 Å². The van der Waals surface area contributed by atoms with E-state index < -0.39 is 0 Å². The summed E-state index contributed by atoms with van der Waals surface area (Å²) >= 11 is 0. The third-order valence-electron chi connectivity index (χ3n) is 12.0.